The van der Waals surface area contributed by atoms with Gasteiger partial charge in [-0.05, 0) is 42.5 Å². The van der Waals surface area contributed by atoms with Gasteiger partial charge in [-0.2, -0.15) is 0 Å². The minimum Gasteiger partial charge on any atom is -0.506 e. The van der Waals surface area contributed by atoms with Crippen LogP contribution in [0.3, 0.4) is 0 Å². The van der Waals surface area contributed by atoms with Crippen molar-refractivity contribution < 1.29 is 82.1 Å². The third kappa shape index (κ3) is 16.3. The van der Waals surface area contributed by atoms with Gasteiger partial charge in [0.05, 0.1) is 84.3 Å². The number of hydrogen-bond acceptors (Lipinski definition) is 19. The number of carbonyl (C=O) groups is 4. The first-order chi connectivity index (χ1) is 26.6. The second-order valence-corrected chi connectivity index (χ2v) is 12.0. The summed E-state index contributed by atoms with van der Waals surface area (Å²) in [5.41, 5.74) is 13.1. The van der Waals surface area contributed by atoms with Crippen LogP contribution < -0.4 is 71.2 Å². The number of anilines is 5. The van der Waals surface area contributed by atoms with E-state index in [9.17, 15) is 39.4 Å². The number of fused-ring (bicyclic) bond motifs is 3. The molecule has 3 aliphatic rings. The molecule has 0 aromatic heterocycles. The van der Waals surface area contributed by atoms with Crippen molar-refractivity contribution in [2.24, 2.45) is 5.34 Å². The zero-order valence-corrected chi connectivity index (χ0v) is 35.2. The standard InChI is InChI=1S/C9H6INO4S.C8H6N2O4.C8H8N2O2.C6H6N2O3.ClH.HNO2.Na/c10-9(13)15-16-5-1-2-6-7(3-5)14-4-8(12)11-6;11-8-4-14-7-3-5(10(12)13)1-2-6(7)9-8;9-5-1-2-6-7(3-5)12-4-8(11)10-6;7-5-2-1-4(8(10)11)3-6(5)9;;2-1-3;/h1-3H,4H2,(H,11,12);1-3H,4H2,(H,9,11);1-3H,4,9H2,(H,10,11);1-3,9H,7H2;1H;(H,2,3);/q;;;;;;+1/p-1. The third-order valence-corrected chi connectivity index (χ3v) is 7.66. The molecule has 0 aliphatic carbocycles. The van der Waals surface area contributed by atoms with E-state index in [2.05, 4.69) is 16.0 Å². The van der Waals surface area contributed by atoms with Crippen molar-refractivity contribution in [3.05, 3.63) is 103 Å². The van der Waals surface area contributed by atoms with E-state index in [1.807, 2.05) is 0 Å². The van der Waals surface area contributed by atoms with Gasteiger partial charge in [0.1, 0.15) is 23.0 Å². The number of aromatic hydroxyl groups is 1. The molecule has 4 aromatic carbocycles. The SMILES string of the molecule is Cl.Nc1ccc([N+](=O)[O-])cc1O.Nc1ccc2c(c1)OCC(=O)N2.O=C1COc2cc(SOC(=O)I)ccc2N1.O=C1COc2cc([N+](=O)[O-])ccc2N1.O=N[O-].[Na+]. The fourth-order valence-electron chi connectivity index (χ4n) is 4.10. The van der Waals surface area contributed by atoms with Gasteiger partial charge >= 0.3 is 33.5 Å². The topological polar surface area (TPSA) is 352 Å². The van der Waals surface area contributed by atoms with Crippen LogP contribution in [0.1, 0.15) is 0 Å². The maximum atomic E-state index is 11.0. The fraction of sp³-hybridized carbons (Fsp3) is 0.0968. The molecule has 0 fully saturated rings. The van der Waals surface area contributed by atoms with Gasteiger partial charge in [0, 0.05) is 23.9 Å². The Morgan fingerprint density at radius 3 is 1.64 bits per heavy atom. The van der Waals surface area contributed by atoms with E-state index in [1.165, 1.54) is 30.3 Å². The summed E-state index contributed by atoms with van der Waals surface area (Å²) in [4.78, 5) is 71.5. The van der Waals surface area contributed by atoms with Gasteiger partial charge in [0.2, 0.25) is 0 Å². The van der Waals surface area contributed by atoms with E-state index in [0.717, 1.165) is 28.3 Å². The normalized spacial score (nSPS) is 12.1. The largest absolute Gasteiger partial charge is 1.00 e. The monoisotopic (exact) mass is 968 g/mol. The van der Waals surface area contributed by atoms with Gasteiger partial charge in [-0.25, -0.2) is 4.79 Å². The van der Waals surface area contributed by atoms with Crippen molar-refractivity contribution in [2.45, 2.75) is 4.90 Å². The first kappa shape index (κ1) is 50.1. The molecule has 4 aromatic rings. The van der Waals surface area contributed by atoms with Gasteiger partial charge in [0.15, 0.2) is 19.8 Å². The summed E-state index contributed by atoms with van der Waals surface area (Å²) in [6, 6.07) is 17.8. The van der Waals surface area contributed by atoms with Gasteiger partial charge < -0.3 is 61.0 Å². The second-order valence-electron chi connectivity index (χ2n) is 10.3. The number of nitro benzene ring substituents is 2. The second kappa shape index (κ2) is 24.7. The Morgan fingerprint density at radius 2 is 1.17 bits per heavy atom. The van der Waals surface area contributed by atoms with E-state index < -0.39 is 13.8 Å². The van der Waals surface area contributed by atoms with Crippen molar-refractivity contribution in [2.75, 3.05) is 47.2 Å². The minimum absolute atomic E-state index is 0. The van der Waals surface area contributed by atoms with Crippen molar-refractivity contribution in [3.8, 4) is 23.0 Å². The predicted molar refractivity (Wildman–Crippen MR) is 215 cm³/mol. The number of phenols is 1. The number of amides is 3. The number of nitro groups is 2. The van der Waals surface area contributed by atoms with Crippen LogP contribution in [0, 0.1) is 30.3 Å². The van der Waals surface area contributed by atoms with Gasteiger partial charge in [0.25, 0.3) is 29.1 Å². The minimum atomic E-state index is -0.598. The maximum absolute atomic E-state index is 11.0. The van der Waals surface area contributed by atoms with Crippen molar-refractivity contribution in [1.82, 2.24) is 0 Å². The van der Waals surface area contributed by atoms with E-state index >= 15 is 0 Å². The van der Waals surface area contributed by atoms with Gasteiger partial charge in [-0.3, -0.25) is 34.6 Å². The summed E-state index contributed by atoms with van der Waals surface area (Å²) in [6.07, 6.45) is 0. The van der Waals surface area contributed by atoms with Crippen LogP contribution in [-0.2, 0) is 18.6 Å². The number of ether oxygens (including phenoxy) is 3. The molecule has 8 N–H and O–H groups in total. The Bertz CT molecular complexity index is 2160. The summed E-state index contributed by atoms with van der Waals surface area (Å²) >= 11 is 2.50. The molecule has 302 valence electrons. The summed E-state index contributed by atoms with van der Waals surface area (Å²) in [7, 11) is 0. The molecule has 23 nitrogen and oxygen atoms in total. The predicted octanol–water partition coefficient (Wildman–Crippen LogP) is 2.68. The molecular formula is C31H27ClIN8NaO15S. The molecule has 3 aliphatic heterocycles. The molecule has 0 saturated carbocycles. The van der Waals surface area contributed by atoms with Crippen molar-refractivity contribution in [3.63, 3.8) is 0 Å². The van der Waals surface area contributed by atoms with Crippen molar-refractivity contribution >= 4 is 109 Å². The van der Waals surface area contributed by atoms with Crippen LogP contribution in [-0.4, -0.2) is 56.5 Å². The number of nitrogens with zero attached hydrogens (tertiary/aromatic N) is 3. The summed E-state index contributed by atoms with van der Waals surface area (Å²) in [5, 5.41) is 46.3. The molecule has 0 saturated heterocycles. The third-order valence-electron chi connectivity index (χ3n) is 6.46. The quantitative estimate of drug-likeness (QED) is 0.0197. The van der Waals surface area contributed by atoms with E-state index in [4.69, 9.17) is 45.1 Å². The van der Waals surface area contributed by atoms with Crippen LogP contribution in [0.2, 0.25) is 0 Å². The number of nitrogens with two attached hydrogens (primary N) is 2. The summed E-state index contributed by atoms with van der Waals surface area (Å²) in [6.45, 7) is -0.0299. The number of halogens is 2. The van der Waals surface area contributed by atoms with E-state index in [-0.39, 0.29) is 102 Å². The van der Waals surface area contributed by atoms with E-state index in [0.29, 0.717) is 40.0 Å². The molecule has 27 heteroatoms. The van der Waals surface area contributed by atoms with E-state index in [1.54, 1.807) is 59.0 Å². The number of nitrogen functional groups attached to an aromatic ring is 2. The summed E-state index contributed by atoms with van der Waals surface area (Å²) < 4.78 is 19.7. The molecule has 0 radical (unpaired) electrons. The van der Waals surface area contributed by atoms with Gasteiger partial charge in [-0.1, -0.05) is 0 Å². The van der Waals surface area contributed by atoms with Crippen LogP contribution in [0.25, 0.3) is 0 Å². The Morgan fingerprint density at radius 1 is 0.759 bits per heavy atom. The zero-order chi connectivity index (χ0) is 41.4. The molecule has 0 unspecified atom stereocenters. The van der Waals surface area contributed by atoms with Gasteiger partial charge in [-0.15, -0.1) is 17.7 Å². The van der Waals surface area contributed by atoms with Crippen LogP contribution in [0.15, 0.2) is 83.0 Å². The Labute approximate surface area is 371 Å². The number of rotatable bonds is 4. The Balaban J connectivity index is 0.000000377. The molecule has 0 spiro atoms. The zero-order valence-electron chi connectivity index (χ0n) is 29.4. The Kier molecular flexibility index (Phi) is 21.4. The Hall–Kier alpha value is -5.87. The molecule has 0 atom stereocenters. The number of hydrogen-bond donors (Lipinski definition) is 6. The van der Waals surface area contributed by atoms with Crippen molar-refractivity contribution in [1.29, 1.82) is 0 Å². The van der Waals surface area contributed by atoms with Crippen LogP contribution in [0.4, 0.5) is 44.6 Å². The first-order valence-corrected chi connectivity index (χ1v) is 16.7. The molecule has 0 bridgehead atoms. The number of nitrogens with one attached hydrogen (secondary N) is 3. The molecule has 3 heterocycles. The molecule has 58 heavy (non-hydrogen) atoms. The number of carbonyl (C=O) groups excluding carboxylic acids is 4. The summed E-state index contributed by atoms with van der Waals surface area (Å²) in [5.74, 6) is 0.715. The number of non-ortho nitro benzene ring substituents is 2. The fourth-order valence-corrected chi connectivity index (χ4v) is 4.81. The molecule has 7 rings (SSSR count). The average molecular weight is 969 g/mol. The molecular weight excluding hydrogens is 942 g/mol. The first-order valence-electron chi connectivity index (χ1n) is 14.9. The average Bonchev–Trinajstić information content (AvgIpc) is 3.16. The number of phenolic OH excluding ortho intramolecular Hbond substituents is 1. The maximum Gasteiger partial charge on any atom is 1.00 e. The van der Waals surface area contributed by atoms with Crippen LogP contribution >= 0.6 is 47.0 Å². The smallest absolute Gasteiger partial charge is 0.506 e. The molecule has 3 amide bonds. The number of benzene rings is 4. The van der Waals surface area contributed by atoms with Crippen LogP contribution in [0.5, 0.6) is 23.0 Å².